The third-order valence-corrected chi connectivity index (χ3v) is 1.07. The van der Waals surface area contributed by atoms with E-state index in [2.05, 4.69) is 11.7 Å². The predicted octanol–water partition coefficient (Wildman–Crippen LogP) is 1.74. The zero-order valence-electron chi connectivity index (χ0n) is 5.94. The SMILES string of the molecule is [CH2+]C(C)(CCC)OC#[O+]. The molecule has 1 atom stereocenters. The first-order valence-electron chi connectivity index (χ1n) is 3.03. The molecule has 9 heavy (non-hydrogen) atoms. The Kier molecular flexibility index (Phi) is 3.21. The van der Waals surface area contributed by atoms with Gasteiger partial charge in [0.2, 0.25) is 0 Å². The van der Waals surface area contributed by atoms with Gasteiger partial charge in [-0.1, -0.05) is 0 Å². The fourth-order valence-corrected chi connectivity index (χ4v) is 0.680. The molecular weight excluding hydrogens is 116 g/mol. The van der Waals surface area contributed by atoms with E-state index in [1.807, 2.05) is 6.92 Å². The summed E-state index contributed by atoms with van der Waals surface area (Å²) in [7, 11) is 0. The molecule has 0 radical (unpaired) electrons. The Hall–Kier alpha value is -0.590. The van der Waals surface area contributed by atoms with Gasteiger partial charge in [-0.2, -0.15) is 0 Å². The van der Waals surface area contributed by atoms with Gasteiger partial charge >= 0.3 is 54.9 Å². The molecule has 0 aliphatic rings. The van der Waals surface area contributed by atoms with Crippen molar-refractivity contribution in [2.75, 3.05) is 0 Å². The molecule has 0 rings (SSSR count). The predicted molar refractivity (Wildman–Crippen MR) is 34.3 cm³/mol. The van der Waals surface area contributed by atoms with E-state index < -0.39 is 5.60 Å². The summed E-state index contributed by atoms with van der Waals surface area (Å²) in [5, 5.41) is 0. The van der Waals surface area contributed by atoms with Gasteiger partial charge in [0, 0.05) is 0 Å². The molecule has 1 unspecified atom stereocenters. The van der Waals surface area contributed by atoms with E-state index in [4.69, 9.17) is 0 Å². The van der Waals surface area contributed by atoms with E-state index in [0.717, 1.165) is 12.8 Å². The molecule has 2 heteroatoms. The second-order valence-electron chi connectivity index (χ2n) is 2.39. The molecule has 0 saturated carbocycles. The first-order valence-corrected chi connectivity index (χ1v) is 3.03. The molecular formula is C7H12O2+2. The van der Waals surface area contributed by atoms with Crippen molar-refractivity contribution < 1.29 is 9.39 Å². The molecule has 50 valence electrons. The summed E-state index contributed by atoms with van der Waals surface area (Å²) in [6.45, 7) is 7.44. The summed E-state index contributed by atoms with van der Waals surface area (Å²) in [6, 6.07) is 0. The van der Waals surface area contributed by atoms with Crippen molar-refractivity contribution in [3.05, 3.63) is 6.92 Å². The van der Waals surface area contributed by atoms with Crippen molar-refractivity contribution in [2.24, 2.45) is 0 Å². The standard InChI is InChI=1S/C7H12O2/c1-4-5-7(2,3)9-6-8/h2,4-5H2,1,3H3/q+2. The maximum absolute atomic E-state index is 9.71. The first-order chi connectivity index (χ1) is 4.12. The molecule has 0 aromatic rings. The average molecular weight is 128 g/mol. The van der Waals surface area contributed by atoms with Gasteiger partial charge in [-0.15, -0.1) is 0 Å². The molecule has 0 aromatic heterocycles. The number of hydrogen-bond donors (Lipinski definition) is 0. The summed E-state index contributed by atoms with van der Waals surface area (Å²) < 4.78 is 14.3. The van der Waals surface area contributed by atoms with Gasteiger partial charge in [-0.3, -0.25) is 0 Å². The third-order valence-electron chi connectivity index (χ3n) is 1.07. The van der Waals surface area contributed by atoms with Gasteiger partial charge in [-0.05, 0) is 0 Å². The van der Waals surface area contributed by atoms with Crippen molar-refractivity contribution in [3.63, 3.8) is 0 Å². The number of hydrogen-bond acceptors (Lipinski definition) is 1. The Morgan fingerprint density at radius 1 is 1.78 bits per heavy atom. The molecule has 0 aliphatic heterocycles. The van der Waals surface area contributed by atoms with Gasteiger partial charge in [0.15, 0.2) is 0 Å². The van der Waals surface area contributed by atoms with Crippen LogP contribution in [0, 0.1) is 13.3 Å². The summed E-state index contributed by atoms with van der Waals surface area (Å²) in [5.74, 6) is 0. The van der Waals surface area contributed by atoms with Crippen LogP contribution in [0.4, 0.5) is 0 Å². The average Bonchev–Trinajstić information content (AvgIpc) is 1.64. The van der Waals surface area contributed by atoms with Crippen molar-refractivity contribution in [1.82, 2.24) is 0 Å². The van der Waals surface area contributed by atoms with Crippen LogP contribution in [0.5, 0.6) is 0 Å². The Bertz CT molecular complexity index is 111. The molecule has 0 aromatic carbocycles. The monoisotopic (exact) mass is 128 g/mol. The zero-order valence-corrected chi connectivity index (χ0v) is 5.94. The molecule has 0 saturated heterocycles. The van der Waals surface area contributed by atoms with Crippen LogP contribution >= 0.6 is 0 Å². The van der Waals surface area contributed by atoms with Gasteiger partial charge < -0.3 is 0 Å². The summed E-state index contributed by atoms with van der Waals surface area (Å²) >= 11 is 0. The van der Waals surface area contributed by atoms with Crippen LogP contribution in [0.15, 0.2) is 0 Å². The Morgan fingerprint density at radius 3 is 2.67 bits per heavy atom. The van der Waals surface area contributed by atoms with Gasteiger partial charge in [0.25, 0.3) is 0 Å². The van der Waals surface area contributed by atoms with E-state index in [0.29, 0.717) is 0 Å². The van der Waals surface area contributed by atoms with Crippen LogP contribution in [0.1, 0.15) is 26.7 Å². The van der Waals surface area contributed by atoms with Crippen LogP contribution in [-0.4, -0.2) is 5.60 Å². The molecule has 0 amide bonds. The fraction of sp³-hybridized carbons (Fsp3) is 0.714. The second-order valence-corrected chi connectivity index (χ2v) is 2.39. The van der Waals surface area contributed by atoms with E-state index in [1.54, 1.807) is 6.92 Å². The van der Waals surface area contributed by atoms with Crippen LogP contribution in [0.2, 0.25) is 0 Å². The second kappa shape index (κ2) is 3.44. The molecule has 0 aliphatic carbocycles. The van der Waals surface area contributed by atoms with Gasteiger partial charge in [-0.25, -0.2) is 0 Å². The van der Waals surface area contributed by atoms with Crippen LogP contribution in [0.25, 0.3) is 0 Å². The van der Waals surface area contributed by atoms with Crippen LogP contribution in [-0.2, 0) is 9.39 Å². The molecule has 0 heterocycles. The van der Waals surface area contributed by atoms with E-state index in [9.17, 15) is 4.65 Å². The topological polar surface area (TPSA) is 29.1 Å². The molecule has 0 N–H and O–H groups in total. The van der Waals surface area contributed by atoms with Gasteiger partial charge in [0.05, 0.1) is 0 Å². The molecule has 0 fully saturated rings. The van der Waals surface area contributed by atoms with Crippen molar-refractivity contribution in [2.45, 2.75) is 32.3 Å². The summed E-state index contributed by atoms with van der Waals surface area (Å²) in [6.07, 6.45) is 3.12. The van der Waals surface area contributed by atoms with Crippen LogP contribution in [0.3, 0.4) is 0 Å². The Morgan fingerprint density at radius 2 is 2.33 bits per heavy atom. The molecule has 2 nitrogen and oxygen atoms in total. The Labute approximate surface area is 55.9 Å². The molecule has 0 spiro atoms. The minimum absolute atomic E-state index is 0.573. The third kappa shape index (κ3) is 3.95. The van der Waals surface area contributed by atoms with Crippen molar-refractivity contribution in [3.8, 4) is 6.33 Å². The maximum atomic E-state index is 9.71. The van der Waals surface area contributed by atoms with Crippen LogP contribution < -0.4 is 0 Å². The summed E-state index contributed by atoms with van der Waals surface area (Å²) in [4.78, 5) is 0. The first kappa shape index (κ1) is 8.41. The van der Waals surface area contributed by atoms with E-state index in [1.165, 1.54) is 6.33 Å². The molecule has 0 bridgehead atoms. The van der Waals surface area contributed by atoms with Crippen molar-refractivity contribution in [1.29, 1.82) is 0 Å². The normalized spacial score (nSPS) is 15.7. The minimum atomic E-state index is -0.573. The van der Waals surface area contributed by atoms with E-state index >= 15 is 0 Å². The summed E-state index contributed by atoms with van der Waals surface area (Å²) in [5.41, 5.74) is -0.573. The quantitative estimate of drug-likeness (QED) is 0.420. The fourth-order valence-electron chi connectivity index (χ4n) is 0.680. The Balaban J connectivity index is 3.59. The van der Waals surface area contributed by atoms with Crippen molar-refractivity contribution >= 4 is 0 Å². The number of ether oxygens (including phenoxy) is 1. The number of rotatable bonds is 3. The van der Waals surface area contributed by atoms with Gasteiger partial charge in [0.1, 0.15) is 0 Å². The zero-order chi connectivity index (χ0) is 7.33. The van der Waals surface area contributed by atoms with E-state index in [-0.39, 0.29) is 0 Å².